The van der Waals surface area contributed by atoms with E-state index in [0.717, 1.165) is 59.4 Å². The summed E-state index contributed by atoms with van der Waals surface area (Å²) < 4.78 is 76.3. The second-order valence-corrected chi connectivity index (χ2v) is 36.1. The third kappa shape index (κ3) is 17.1. The Labute approximate surface area is 602 Å². The lowest BCUT2D eigenvalue weighted by Crippen LogP contribution is -2.47. The van der Waals surface area contributed by atoms with Crippen LogP contribution < -0.4 is 46.9 Å². The zero-order valence-corrected chi connectivity index (χ0v) is 60.4. The topological polar surface area (TPSA) is 440 Å². The summed E-state index contributed by atoms with van der Waals surface area (Å²) in [7, 11) is 0. The molecular formula is C64H74N17O16P3S3. The monoisotopic (exact) mass is 1530 g/mol. The van der Waals surface area contributed by atoms with Crippen molar-refractivity contribution in [3.63, 3.8) is 0 Å². The highest BCUT2D eigenvalue weighted by molar-refractivity contribution is 8.55. The minimum atomic E-state index is -4.28. The Morgan fingerprint density at radius 1 is 0.786 bits per heavy atom. The van der Waals surface area contributed by atoms with Gasteiger partial charge in [-0.1, -0.05) is 84.9 Å². The van der Waals surface area contributed by atoms with Gasteiger partial charge < -0.3 is 69.3 Å². The Hall–Kier alpha value is -7.86. The smallest absolute Gasteiger partial charge is 0.343 e. The van der Waals surface area contributed by atoms with Crippen LogP contribution in [0.5, 0.6) is 11.5 Å². The number of carbonyl (C=O) groups is 3. The number of aromatic amines is 1. The second kappa shape index (κ2) is 31.8. The van der Waals surface area contributed by atoms with E-state index in [1.54, 1.807) is 58.1 Å². The van der Waals surface area contributed by atoms with Gasteiger partial charge in [0.15, 0.2) is 41.6 Å². The molecule has 3 saturated heterocycles. The third-order valence-corrected chi connectivity index (χ3v) is 24.4. The average molecular weight is 1530 g/mol. The lowest BCUT2D eigenvalue weighted by atomic mass is 9.95. The predicted octanol–water partition coefficient (Wildman–Crippen LogP) is 6.94. The zero-order valence-electron chi connectivity index (χ0n) is 55.2. The van der Waals surface area contributed by atoms with Gasteiger partial charge in [0, 0.05) is 42.9 Å². The van der Waals surface area contributed by atoms with Crippen molar-refractivity contribution in [1.82, 2.24) is 69.5 Å². The fourth-order valence-corrected chi connectivity index (χ4v) is 18.7. The van der Waals surface area contributed by atoms with Crippen LogP contribution in [0.15, 0.2) is 121 Å². The second-order valence-electron chi connectivity index (χ2n) is 24.8. The summed E-state index contributed by atoms with van der Waals surface area (Å²) in [5.74, 6) is -0.250. The number of H-pyrrole nitrogens is 1. The molecule has 9 heterocycles. The molecule has 0 bridgehead atoms. The van der Waals surface area contributed by atoms with Crippen molar-refractivity contribution >= 4 is 113 Å². The van der Waals surface area contributed by atoms with Crippen LogP contribution >= 0.6 is 43.6 Å². The van der Waals surface area contributed by atoms with Gasteiger partial charge in [0.25, 0.3) is 5.56 Å². The van der Waals surface area contributed by atoms with Crippen LogP contribution in [0.1, 0.15) is 85.3 Å². The van der Waals surface area contributed by atoms with Crippen LogP contribution in [-0.4, -0.2) is 163 Å². The van der Waals surface area contributed by atoms with E-state index >= 15 is 4.57 Å². The van der Waals surface area contributed by atoms with E-state index in [1.807, 2.05) is 48.5 Å². The Kier molecular flexibility index (Phi) is 22.7. The van der Waals surface area contributed by atoms with Gasteiger partial charge in [0.05, 0.1) is 74.6 Å². The summed E-state index contributed by atoms with van der Waals surface area (Å²) in [4.78, 5) is 87.8. The minimum absolute atomic E-state index is 0.0123. The highest BCUT2D eigenvalue weighted by Crippen LogP contribution is 2.60. The number of nitrogens with two attached hydrogens (primary N) is 2. The van der Waals surface area contributed by atoms with Crippen molar-refractivity contribution in [1.29, 1.82) is 0 Å². The number of benzene rings is 4. The molecule has 103 heavy (non-hydrogen) atoms. The molecule has 33 nitrogen and oxygen atoms in total. The number of aromatic nitrogens is 11. The molecule has 3 fully saturated rings. The van der Waals surface area contributed by atoms with E-state index in [9.17, 15) is 38.8 Å². The molecule has 11 atom stereocenters. The number of esters is 1. The molecule has 39 heteroatoms. The number of para-hydroxylation sites is 1. The SMILES string of the molecule is CP(O)(=S)OCCCCCCNC(=O)CCCCC(=O)N1Cc2ccccc2-c2c(nnn2CCOc2ccc(C(=O)Oc3ccc(CS[P@]4(=O)N[C@H]5[C@@H](O)[C@H](n6cnc7c(=O)[nH]c(N)nc76)O[C@@H]5CO[P@@](=O)(S)N[C@H]5[C@@H](O)[C@H](n6cnc7c(N)ncnc76)O[C@@H]5CO4)cc3)cc2)-c2ccccc21. The van der Waals surface area contributed by atoms with Crippen LogP contribution in [0.2, 0.25) is 0 Å². The first-order valence-electron chi connectivity index (χ1n) is 33.0. The van der Waals surface area contributed by atoms with Crippen molar-refractivity contribution < 1.29 is 71.1 Å². The van der Waals surface area contributed by atoms with Crippen molar-refractivity contribution in [2.24, 2.45) is 0 Å². The highest BCUT2D eigenvalue weighted by Gasteiger charge is 2.53. The quantitative estimate of drug-likeness (QED) is 0.00962. The van der Waals surface area contributed by atoms with Gasteiger partial charge in [-0.15, -0.1) is 5.10 Å². The van der Waals surface area contributed by atoms with E-state index in [-0.39, 0.29) is 76.0 Å². The molecule has 5 aromatic heterocycles. The van der Waals surface area contributed by atoms with Gasteiger partial charge in [-0.25, -0.2) is 39.6 Å². The van der Waals surface area contributed by atoms with Crippen molar-refractivity contribution in [3.8, 4) is 34.0 Å². The summed E-state index contributed by atoms with van der Waals surface area (Å²) >= 11 is 10.1. The van der Waals surface area contributed by atoms with Crippen molar-refractivity contribution in [3.05, 3.63) is 143 Å². The van der Waals surface area contributed by atoms with Gasteiger partial charge >= 0.3 is 19.4 Å². The maximum Gasteiger partial charge on any atom is 0.343 e. The van der Waals surface area contributed by atoms with Crippen LogP contribution in [0, 0.1) is 0 Å². The standard InChI is InChI=1S/C64H74N17O16P3S3/c1-98(88,101)92-28-11-3-2-10-26-67-47(82)16-8-9-17-48(83)78-30-39-12-4-5-13-42(39)54-49(43-14-6-7-15-44(43)78)74-77-81(54)27-29-91-40-24-20-38(21-25-40)63(87)95-41-22-18-37(19-23-41)33-103-100(90)76-51-45(96-62(56(51)85)80-36-71-53-59(80)72-64(66)73-60(53)86)31-93-99(89,102)75-50-46(32-94-100)97-61(55(50)84)79-35-70-52-57(65)68-34-69-58(52)79/h4-7,12-15,18-25,34-36,45-46,50-51,55-56,61-62,84-85H,2-3,8-11,16-17,26-33H2,1H3,(H,67,82)(H,76,90)(H,88,101)(H2,65,68,69)(H2,75,89,102)(H3,66,72,73,86)/t45-,46-,50-,51-,55-,56-,61-,62-,98?,99-,100+/m1/s1. The number of amides is 2. The molecule has 0 radical (unpaired) electrons. The van der Waals surface area contributed by atoms with Crippen LogP contribution in [-0.2, 0) is 72.4 Å². The van der Waals surface area contributed by atoms with Crippen molar-refractivity contribution in [2.75, 3.05) is 56.0 Å². The molecule has 4 aliphatic rings. The number of nitrogen functional groups attached to an aromatic ring is 2. The fraction of sp³-hybridized carbons (Fsp3) is 0.391. The summed E-state index contributed by atoms with van der Waals surface area (Å²) in [6.07, 6.45) is 0.764. The first-order chi connectivity index (χ1) is 49.6. The molecule has 4 aliphatic heterocycles. The molecule has 13 rings (SSSR count). The largest absolute Gasteiger partial charge is 0.492 e. The average Bonchev–Trinajstić information content (AvgIpc) is 1.74. The number of anilines is 3. The maximum atomic E-state index is 15.5. The molecule has 11 N–H and O–H groups in total. The van der Waals surface area contributed by atoms with E-state index in [0.29, 0.717) is 68.2 Å². The fourth-order valence-electron chi connectivity index (χ4n) is 12.5. The summed E-state index contributed by atoms with van der Waals surface area (Å²) in [5.41, 5.74) is 17.0. The van der Waals surface area contributed by atoms with Gasteiger partial charge in [0.1, 0.15) is 60.1 Å². The Morgan fingerprint density at radius 3 is 2.21 bits per heavy atom. The van der Waals surface area contributed by atoms with E-state index in [4.69, 9.17) is 55.8 Å². The zero-order chi connectivity index (χ0) is 72.2. The van der Waals surface area contributed by atoms with Crippen molar-refractivity contribution in [2.45, 2.75) is 119 Å². The molecule has 0 aliphatic carbocycles. The lowest BCUT2D eigenvalue weighted by molar-refractivity contribution is -0.122. The number of rotatable bonds is 24. The number of unbranched alkanes of at least 4 members (excludes halogenated alkanes) is 4. The summed E-state index contributed by atoms with van der Waals surface area (Å²) in [6, 6.07) is 25.8. The molecule has 4 aromatic carbocycles. The Balaban J connectivity index is 0.631. The number of nitrogens with one attached hydrogen (secondary N) is 4. The number of fused-ring (bicyclic) bond motifs is 9. The van der Waals surface area contributed by atoms with E-state index in [1.165, 1.54) is 34.8 Å². The van der Waals surface area contributed by atoms with Crippen LogP contribution in [0.25, 0.3) is 44.8 Å². The van der Waals surface area contributed by atoms with Gasteiger partial charge in [-0.2, -0.15) is 4.98 Å². The number of imidazole rings is 2. The number of carbonyl (C=O) groups excluding carboxylic acids is 3. The van der Waals surface area contributed by atoms with E-state index < -0.39 is 93.6 Å². The molecule has 544 valence electrons. The number of ether oxygens (including phenoxy) is 4. The predicted molar refractivity (Wildman–Crippen MR) is 387 cm³/mol. The molecule has 0 spiro atoms. The molecular weight excluding hydrogens is 1450 g/mol. The third-order valence-electron chi connectivity index (χ3n) is 17.6. The van der Waals surface area contributed by atoms with Gasteiger partial charge in [0.2, 0.25) is 17.8 Å². The number of thiol groups is 1. The maximum absolute atomic E-state index is 15.5. The molecule has 0 saturated carbocycles. The van der Waals surface area contributed by atoms with E-state index in [2.05, 4.69) is 68.0 Å². The number of hydrogen-bond donors (Lipinski definition) is 10. The lowest BCUT2D eigenvalue weighted by Gasteiger charge is -2.31. The Bertz CT molecular complexity index is 4800. The number of hydrogen-bond acceptors (Lipinski definition) is 26. The molecule has 1 unspecified atom stereocenters. The van der Waals surface area contributed by atoms with Crippen LogP contribution in [0.4, 0.5) is 17.5 Å². The summed E-state index contributed by atoms with van der Waals surface area (Å²) in [6.45, 7) is -8.88. The number of aliphatic hydroxyl groups is 2. The number of aliphatic hydroxyl groups excluding tert-OH is 2. The number of nitrogens with zero attached hydrogens (tertiary/aromatic N) is 11. The van der Waals surface area contributed by atoms with Gasteiger partial charge in [-0.3, -0.25) is 37.6 Å². The summed E-state index contributed by atoms with van der Waals surface area (Å²) in [5, 5.41) is 42.0. The molecule has 2 amide bonds. The Morgan fingerprint density at radius 2 is 1.46 bits per heavy atom. The highest BCUT2D eigenvalue weighted by atomic mass is 32.7. The minimum Gasteiger partial charge on any atom is -0.492 e. The van der Waals surface area contributed by atoms with Gasteiger partial charge in [-0.05, 0) is 102 Å². The first-order valence-corrected chi connectivity index (χ1v) is 42.1. The van der Waals surface area contributed by atoms with Crippen LogP contribution in [0.3, 0.4) is 0 Å². The first kappa shape index (κ1) is 73.5. The normalized spacial score (nSPS) is 23.9. The molecule has 9 aromatic rings.